The van der Waals surface area contributed by atoms with Crippen LogP contribution in [0.1, 0.15) is 13.8 Å². The monoisotopic (exact) mass is 383 g/mol. The highest BCUT2D eigenvalue weighted by Gasteiger charge is 2.13. The third kappa shape index (κ3) is 7.73. The largest absolute Gasteiger partial charge is 0.271 e. The van der Waals surface area contributed by atoms with Gasteiger partial charge < -0.3 is 0 Å². The minimum Gasteiger partial charge on any atom is -0.271 e. The zero-order chi connectivity index (χ0) is 9.07. The van der Waals surface area contributed by atoms with Crippen LogP contribution in [0.5, 0.6) is 0 Å². The third-order valence-corrected chi connectivity index (χ3v) is 3.48. The van der Waals surface area contributed by atoms with E-state index in [4.69, 9.17) is 0 Å². The predicted molar refractivity (Wildman–Crippen MR) is 66.9 cm³/mol. The molecule has 0 aromatic carbocycles. The first-order valence-corrected chi connectivity index (χ1v) is 5.71. The lowest BCUT2D eigenvalue weighted by Crippen LogP contribution is -2.36. The number of quaternary nitrogens is 1. The van der Waals surface area contributed by atoms with Gasteiger partial charge in [0.15, 0.2) is 0 Å². The number of hydrogen-bond donors (Lipinski definition) is 0. The number of likely N-dealkylation sites (N-methyl/N-ethyl adjacent to an activating group) is 1. The van der Waals surface area contributed by atoms with Gasteiger partial charge in [-0.05, 0) is 13.8 Å². The van der Waals surface area contributed by atoms with Gasteiger partial charge in [-0.15, -0.1) is 0 Å². The molecule has 0 spiro atoms. The molecule has 0 rings (SSSR count). The zero-order valence-electron chi connectivity index (χ0n) is 7.64. The molecule has 0 N–H and O–H groups in total. The molecule has 68 valence electrons. The van der Waals surface area contributed by atoms with Crippen molar-refractivity contribution in [2.75, 3.05) is 27.2 Å². The molecule has 0 aliphatic carbocycles. The highest BCUT2D eigenvalue weighted by atomic mass is 127. The fourth-order valence-corrected chi connectivity index (χ4v) is 1.02. The van der Waals surface area contributed by atoms with Crippen LogP contribution < -0.4 is 0 Å². The SMILES string of the molecule is CC(C)N(I)CC[N+](C)(C)I. The van der Waals surface area contributed by atoms with Crippen LogP contribution in [0.25, 0.3) is 0 Å². The lowest BCUT2D eigenvalue weighted by molar-refractivity contribution is -0.705. The van der Waals surface area contributed by atoms with E-state index in [-0.39, 0.29) is 0 Å². The van der Waals surface area contributed by atoms with Gasteiger partial charge in [0.05, 0.1) is 27.2 Å². The van der Waals surface area contributed by atoms with E-state index in [0.717, 1.165) is 9.24 Å². The molecule has 0 amide bonds. The normalized spacial score (nSPS) is 13.1. The van der Waals surface area contributed by atoms with E-state index in [1.807, 2.05) is 0 Å². The second-order valence-electron chi connectivity index (χ2n) is 3.48. The molecular weight excluding hydrogens is 366 g/mol. The molecule has 0 aliphatic rings. The molecule has 0 unspecified atom stereocenters. The summed E-state index contributed by atoms with van der Waals surface area (Å²) >= 11 is 4.83. The van der Waals surface area contributed by atoms with Crippen molar-refractivity contribution in [2.24, 2.45) is 0 Å². The van der Waals surface area contributed by atoms with Crippen molar-refractivity contribution in [1.29, 1.82) is 0 Å². The average molecular weight is 383 g/mol. The molecule has 0 bridgehead atoms. The first-order chi connectivity index (χ1) is 4.83. The summed E-state index contributed by atoms with van der Waals surface area (Å²) < 4.78 is 3.36. The Morgan fingerprint density at radius 2 is 1.82 bits per heavy atom. The number of nitrogens with zero attached hydrogens (tertiary/aromatic N) is 2. The van der Waals surface area contributed by atoms with E-state index < -0.39 is 0 Å². The van der Waals surface area contributed by atoms with Gasteiger partial charge in [-0.3, -0.25) is 2.70 Å². The average Bonchev–Trinajstić information content (AvgIpc) is 1.80. The van der Waals surface area contributed by atoms with Crippen LogP contribution in [0.2, 0.25) is 0 Å². The molecule has 0 saturated carbocycles. The Labute approximate surface area is 97.9 Å². The molecule has 0 atom stereocenters. The van der Waals surface area contributed by atoms with Gasteiger partial charge in [0.1, 0.15) is 0 Å². The van der Waals surface area contributed by atoms with Gasteiger partial charge in [-0.1, -0.05) is 0 Å². The molecule has 0 aromatic heterocycles. The maximum Gasteiger partial charge on any atom is 0.248 e. The quantitative estimate of drug-likeness (QED) is 0.533. The van der Waals surface area contributed by atoms with E-state index in [9.17, 15) is 0 Å². The summed E-state index contributed by atoms with van der Waals surface area (Å²) in [5.41, 5.74) is 0. The summed E-state index contributed by atoms with van der Waals surface area (Å²) in [6.07, 6.45) is 0. The van der Waals surface area contributed by atoms with Crippen LogP contribution in [0.3, 0.4) is 0 Å². The van der Waals surface area contributed by atoms with Crippen molar-refractivity contribution < 1.29 is 2.70 Å². The molecule has 0 fully saturated rings. The Kier molecular flexibility index (Phi) is 5.83. The standard InChI is InChI=1S/C7H17I2N2/c1-7(2)10(8)5-6-11(3,4)9/h7H,5-6H2,1-4H3/q+1. The predicted octanol–water partition coefficient (Wildman–Crippen LogP) is 2.47. The maximum atomic E-state index is 2.44. The molecule has 0 aliphatic heterocycles. The van der Waals surface area contributed by atoms with E-state index in [1.54, 1.807) is 0 Å². The van der Waals surface area contributed by atoms with Crippen molar-refractivity contribution in [2.45, 2.75) is 19.9 Å². The van der Waals surface area contributed by atoms with Crippen molar-refractivity contribution in [3.63, 3.8) is 0 Å². The van der Waals surface area contributed by atoms with Crippen LogP contribution >= 0.6 is 45.7 Å². The summed E-state index contributed by atoms with van der Waals surface area (Å²) in [5.74, 6) is 0. The van der Waals surface area contributed by atoms with Crippen LogP contribution in [0.15, 0.2) is 0 Å². The smallest absolute Gasteiger partial charge is 0.248 e. The minimum atomic E-state index is 0.651. The van der Waals surface area contributed by atoms with Crippen molar-refractivity contribution in [3.05, 3.63) is 0 Å². The van der Waals surface area contributed by atoms with Gasteiger partial charge in [0.25, 0.3) is 0 Å². The molecule has 4 heteroatoms. The van der Waals surface area contributed by atoms with Gasteiger partial charge >= 0.3 is 0 Å². The summed E-state index contributed by atoms with van der Waals surface area (Å²) in [7, 11) is 4.43. The molecule has 0 heterocycles. The van der Waals surface area contributed by atoms with Crippen molar-refractivity contribution >= 4 is 45.7 Å². The fraction of sp³-hybridized carbons (Fsp3) is 1.00. The maximum absolute atomic E-state index is 2.44. The molecular formula is C7H17I2N2+. The molecule has 0 aromatic rings. The summed E-state index contributed by atoms with van der Waals surface area (Å²) in [4.78, 5) is 0. The zero-order valence-corrected chi connectivity index (χ0v) is 12.0. The van der Waals surface area contributed by atoms with E-state index in [1.165, 1.54) is 6.54 Å². The molecule has 2 nitrogen and oxygen atoms in total. The van der Waals surface area contributed by atoms with Crippen LogP contribution in [0, 0.1) is 0 Å². The Bertz CT molecular complexity index is 109. The third-order valence-electron chi connectivity index (χ3n) is 1.41. The van der Waals surface area contributed by atoms with E-state index >= 15 is 0 Å². The van der Waals surface area contributed by atoms with Crippen molar-refractivity contribution in [3.8, 4) is 0 Å². The Morgan fingerprint density at radius 3 is 2.09 bits per heavy atom. The highest BCUT2D eigenvalue weighted by molar-refractivity contribution is 14.1. The van der Waals surface area contributed by atoms with Gasteiger partial charge in [-0.2, -0.15) is 0 Å². The second kappa shape index (κ2) is 5.18. The van der Waals surface area contributed by atoms with Gasteiger partial charge in [-0.25, -0.2) is 3.11 Å². The Morgan fingerprint density at radius 1 is 1.36 bits per heavy atom. The topological polar surface area (TPSA) is 3.24 Å². The molecule has 11 heavy (non-hydrogen) atoms. The lowest BCUT2D eigenvalue weighted by atomic mass is 10.4. The van der Waals surface area contributed by atoms with Gasteiger partial charge in [0, 0.05) is 28.9 Å². The molecule has 0 saturated heterocycles. The Balaban J connectivity index is 3.54. The second-order valence-corrected chi connectivity index (χ2v) is 7.33. The van der Waals surface area contributed by atoms with Crippen molar-refractivity contribution in [1.82, 2.24) is 3.11 Å². The van der Waals surface area contributed by atoms with Crippen LogP contribution in [-0.4, -0.2) is 39.0 Å². The lowest BCUT2D eigenvalue weighted by Gasteiger charge is -2.24. The van der Waals surface area contributed by atoms with E-state index in [0.29, 0.717) is 6.04 Å². The first kappa shape index (κ1) is 12.4. The summed E-state index contributed by atoms with van der Waals surface area (Å²) in [5, 5.41) is 0. The van der Waals surface area contributed by atoms with E-state index in [2.05, 4.69) is 76.8 Å². The Hall–Kier alpha value is 1.38. The summed E-state index contributed by atoms with van der Waals surface area (Å²) in [6.45, 7) is 6.80. The minimum absolute atomic E-state index is 0.651. The first-order valence-electron chi connectivity index (χ1n) is 3.78. The highest BCUT2D eigenvalue weighted by Crippen LogP contribution is 2.10. The molecule has 0 radical (unpaired) electrons. The number of rotatable bonds is 4. The fourth-order valence-electron chi connectivity index (χ4n) is 0.592. The van der Waals surface area contributed by atoms with Crippen LogP contribution in [-0.2, 0) is 0 Å². The van der Waals surface area contributed by atoms with Crippen LogP contribution in [0.4, 0.5) is 0 Å². The summed E-state index contributed by atoms with van der Waals surface area (Å²) in [6, 6.07) is 0.651. The number of halogens is 2. The van der Waals surface area contributed by atoms with Gasteiger partial charge in [0.2, 0.25) is 22.9 Å². The number of hydrogen-bond acceptors (Lipinski definition) is 1.